The Labute approximate surface area is 184 Å². The van der Waals surface area contributed by atoms with E-state index in [0.29, 0.717) is 17.9 Å². The van der Waals surface area contributed by atoms with E-state index in [4.69, 9.17) is 4.74 Å². The van der Waals surface area contributed by atoms with Crippen molar-refractivity contribution < 1.29 is 18.1 Å². The Morgan fingerprint density at radius 2 is 1.71 bits per heavy atom. The molecule has 1 aliphatic rings. The molecule has 0 radical (unpaired) electrons. The third kappa shape index (κ3) is 4.54. The van der Waals surface area contributed by atoms with E-state index in [0.717, 1.165) is 16.7 Å². The highest BCUT2D eigenvalue weighted by molar-refractivity contribution is 7.86. The first-order valence-electron chi connectivity index (χ1n) is 10.2. The summed E-state index contributed by atoms with van der Waals surface area (Å²) < 4.78 is 31.9. The van der Waals surface area contributed by atoms with Crippen molar-refractivity contribution in [3.05, 3.63) is 101 Å². The average molecular weight is 438 g/mol. The molecule has 0 aliphatic carbocycles. The molecule has 3 aromatic carbocycles. The summed E-state index contributed by atoms with van der Waals surface area (Å²) in [6.45, 7) is 2.89. The van der Waals surface area contributed by atoms with Crippen LogP contribution < -0.4 is 0 Å². The van der Waals surface area contributed by atoms with Gasteiger partial charge in [-0.3, -0.25) is 4.21 Å². The minimum absolute atomic E-state index is 0.189. The van der Waals surface area contributed by atoms with Gasteiger partial charge in [0.25, 0.3) is 0 Å². The fraction of sp³-hybridized carbons (Fsp3) is 0.240. The molecule has 0 saturated carbocycles. The number of aryl methyl sites for hydroxylation is 1. The zero-order valence-corrected chi connectivity index (χ0v) is 18.1. The Morgan fingerprint density at radius 1 is 1.03 bits per heavy atom. The minimum Gasteiger partial charge on any atom is -0.445 e. The standard InChI is InChI=1S/C25H24FNO3S/c1-19-7-9-21(10-8-19)25(31(29)23-13-11-22(26)12-14-23)15-16-27(18-25)24(28)30-17-20-5-3-2-4-6-20/h2-14H,15-18H2,1H3/t25-,31?/m0/s1. The SMILES string of the molecule is Cc1ccc([C@]2(S(=O)c3ccc(F)cc3)CCN(C(=O)OCc3ccccc3)C2)cc1. The normalized spacial score (nSPS) is 19.2. The summed E-state index contributed by atoms with van der Waals surface area (Å²) in [6.07, 6.45) is 0.106. The monoisotopic (exact) mass is 437 g/mol. The molecule has 0 spiro atoms. The molecule has 0 bridgehead atoms. The van der Waals surface area contributed by atoms with Gasteiger partial charge in [-0.1, -0.05) is 60.2 Å². The first-order chi connectivity index (χ1) is 15.0. The van der Waals surface area contributed by atoms with Gasteiger partial charge in [-0.15, -0.1) is 0 Å². The smallest absolute Gasteiger partial charge is 0.410 e. The maximum absolute atomic E-state index is 13.7. The number of ether oxygens (including phenoxy) is 1. The van der Waals surface area contributed by atoms with E-state index in [1.54, 1.807) is 17.0 Å². The molecule has 1 unspecified atom stereocenters. The lowest BCUT2D eigenvalue weighted by atomic mass is 9.96. The van der Waals surface area contributed by atoms with E-state index in [2.05, 4.69) is 0 Å². The van der Waals surface area contributed by atoms with Crippen LogP contribution in [-0.4, -0.2) is 28.3 Å². The van der Waals surface area contributed by atoms with Crippen LogP contribution in [0, 0.1) is 12.7 Å². The molecule has 1 fully saturated rings. The van der Waals surface area contributed by atoms with Gasteiger partial charge < -0.3 is 9.64 Å². The molecule has 1 saturated heterocycles. The van der Waals surface area contributed by atoms with E-state index in [9.17, 15) is 13.4 Å². The predicted octanol–water partition coefficient (Wildman–Crippen LogP) is 5.18. The van der Waals surface area contributed by atoms with Crippen LogP contribution in [0.3, 0.4) is 0 Å². The second kappa shape index (κ2) is 9.02. The summed E-state index contributed by atoms with van der Waals surface area (Å²) in [5, 5.41) is 0. The van der Waals surface area contributed by atoms with Crippen molar-refractivity contribution in [2.45, 2.75) is 29.6 Å². The highest BCUT2D eigenvalue weighted by Gasteiger charge is 2.47. The lowest BCUT2D eigenvalue weighted by Crippen LogP contribution is -2.38. The second-order valence-electron chi connectivity index (χ2n) is 7.79. The molecular weight excluding hydrogens is 413 g/mol. The number of halogens is 1. The molecule has 3 aromatic rings. The van der Waals surface area contributed by atoms with Crippen LogP contribution in [0.2, 0.25) is 0 Å². The topological polar surface area (TPSA) is 46.6 Å². The molecule has 160 valence electrons. The minimum atomic E-state index is -1.48. The van der Waals surface area contributed by atoms with Crippen molar-refractivity contribution in [2.75, 3.05) is 13.1 Å². The molecule has 1 aliphatic heterocycles. The number of likely N-dealkylation sites (tertiary alicyclic amines) is 1. The van der Waals surface area contributed by atoms with E-state index >= 15 is 0 Å². The molecule has 1 heterocycles. The van der Waals surface area contributed by atoms with Crippen molar-refractivity contribution in [1.82, 2.24) is 4.90 Å². The summed E-state index contributed by atoms with van der Waals surface area (Å²) in [6, 6.07) is 23.1. The number of carbonyl (C=O) groups is 1. The van der Waals surface area contributed by atoms with Gasteiger partial charge in [0.1, 0.15) is 12.4 Å². The number of hydrogen-bond acceptors (Lipinski definition) is 3. The van der Waals surface area contributed by atoms with Crippen LogP contribution in [0.5, 0.6) is 0 Å². The van der Waals surface area contributed by atoms with Crippen molar-refractivity contribution in [3.8, 4) is 0 Å². The number of hydrogen-bond donors (Lipinski definition) is 0. The molecular formula is C25H24FNO3S. The van der Waals surface area contributed by atoms with Crippen LogP contribution in [0.1, 0.15) is 23.1 Å². The molecule has 0 N–H and O–H groups in total. The van der Waals surface area contributed by atoms with Crippen molar-refractivity contribution >= 4 is 16.9 Å². The maximum atomic E-state index is 13.7. The largest absolute Gasteiger partial charge is 0.445 e. The van der Waals surface area contributed by atoms with Gasteiger partial charge in [0.05, 0.1) is 15.5 Å². The van der Waals surface area contributed by atoms with Crippen LogP contribution in [0.4, 0.5) is 9.18 Å². The summed E-state index contributed by atoms with van der Waals surface area (Å²) in [4.78, 5) is 14.9. The molecule has 0 aromatic heterocycles. The average Bonchev–Trinajstić information content (AvgIpc) is 3.25. The number of benzene rings is 3. The molecule has 1 amide bonds. The van der Waals surface area contributed by atoms with Crippen molar-refractivity contribution in [2.24, 2.45) is 0 Å². The van der Waals surface area contributed by atoms with E-state index in [1.165, 1.54) is 12.1 Å². The van der Waals surface area contributed by atoms with Gasteiger partial charge in [-0.05, 0) is 48.7 Å². The van der Waals surface area contributed by atoms with Gasteiger partial charge in [-0.25, -0.2) is 9.18 Å². The highest BCUT2D eigenvalue weighted by Crippen LogP contribution is 2.41. The first kappa shape index (κ1) is 21.2. The number of carbonyl (C=O) groups excluding carboxylic acids is 1. The zero-order valence-electron chi connectivity index (χ0n) is 17.3. The van der Waals surface area contributed by atoms with Crippen LogP contribution in [-0.2, 0) is 26.9 Å². The molecule has 2 atom stereocenters. The Balaban J connectivity index is 1.58. The number of amides is 1. The zero-order chi connectivity index (χ0) is 21.8. The van der Waals surface area contributed by atoms with Gasteiger partial charge in [0, 0.05) is 18.0 Å². The summed E-state index contributed by atoms with van der Waals surface area (Å²) >= 11 is 0. The van der Waals surface area contributed by atoms with Gasteiger partial charge in [-0.2, -0.15) is 0 Å². The molecule has 31 heavy (non-hydrogen) atoms. The number of rotatable bonds is 5. The van der Waals surface area contributed by atoms with Crippen molar-refractivity contribution in [1.29, 1.82) is 0 Å². The van der Waals surface area contributed by atoms with Crippen LogP contribution in [0.15, 0.2) is 83.8 Å². The third-order valence-corrected chi connectivity index (χ3v) is 7.63. The maximum Gasteiger partial charge on any atom is 0.410 e. The molecule has 6 heteroatoms. The van der Waals surface area contributed by atoms with Crippen molar-refractivity contribution in [3.63, 3.8) is 0 Å². The van der Waals surface area contributed by atoms with E-state index < -0.39 is 21.6 Å². The Kier molecular flexibility index (Phi) is 6.18. The van der Waals surface area contributed by atoms with E-state index in [-0.39, 0.29) is 19.0 Å². The fourth-order valence-corrected chi connectivity index (χ4v) is 5.62. The Morgan fingerprint density at radius 3 is 2.39 bits per heavy atom. The Bertz CT molecular complexity index is 1070. The summed E-state index contributed by atoms with van der Waals surface area (Å²) in [5.74, 6) is -0.373. The Hall–Kier alpha value is -2.99. The molecule has 4 rings (SSSR count). The second-order valence-corrected chi connectivity index (χ2v) is 9.59. The lowest BCUT2D eigenvalue weighted by molar-refractivity contribution is 0.103. The van der Waals surface area contributed by atoms with E-state index in [1.807, 2.05) is 61.5 Å². The van der Waals surface area contributed by atoms with Gasteiger partial charge in [0.15, 0.2) is 0 Å². The fourth-order valence-electron chi connectivity index (χ4n) is 3.88. The third-order valence-electron chi connectivity index (χ3n) is 5.66. The summed E-state index contributed by atoms with van der Waals surface area (Å²) in [5.41, 5.74) is 2.91. The van der Waals surface area contributed by atoms with Gasteiger partial charge >= 0.3 is 6.09 Å². The number of nitrogens with zero attached hydrogens (tertiary/aromatic N) is 1. The summed E-state index contributed by atoms with van der Waals surface area (Å²) in [7, 11) is -1.48. The first-order valence-corrected chi connectivity index (χ1v) is 11.3. The quantitative estimate of drug-likeness (QED) is 0.553. The highest BCUT2D eigenvalue weighted by atomic mass is 32.2. The lowest BCUT2D eigenvalue weighted by Gasteiger charge is -2.29. The van der Waals surface area contributed by atoms with Gasteiger partial charge in [0.2, 0.25) is 0 Å². The molecule has 4 nitrogen and oxygen atoms in total. The predicted molar refractivity (Wildman–Crippen MR) is 118 cm³/mol. The van der Waals surface area contributed by atoms with Crippen LogP contribution in [0.25, 0.3) is 0 Å². The van der Waals surface area contributed by atoms with Crippen LogP contribution >= 0.6 is 0 Å².